The summed E-state index contributed by atoms with van der Waals surface area (Å²) in [5.74, 6) is -0.147. The molecule has 23 heavy (non-hydrogen) atoms. The van der Waals surface area contributed by atoms with Crippen molar-refractivity contribution in [2.45, 2.75) is 23.3 Å². The molecule has 1 aromatic heterocycles. The van der Waals surface area contributed by atoms with Crippen molar-refractivity contribution in [1.82, 2.24) is 9.78 Å². The molecule has 1 N–H and O–H groups in total. The van der Waals surface area contributed by atoms with Gasteiger partial charge in [0.25, 0.3) is 5.91 Å². The molecular weight excluding hydrogens is 306 g/mol. The van der Waals surface area contributed by atoms with Crippen LogP contribution in [0.4, 0.5) is 5.69 Å². The lowest BCUT2D eigenvalue weighted by atomic mass is 10.3. The zero-order chi connectivity index (χ0) is 16.1. The minimum atomic E-state index is -0.147. The maximum Gasteiger partial charge on any atom is 0.258 e. The van der Waals surface area contributed by atoms with Crippen molar-refractivity contribution in [2.75, 3.05) is 5.32 Å². The fourth-order valence-electron chi connectivity index (χ4n) is 2.12. The van der Waals surface area contributed by atoms with Gasteiger partial charge in [0, 0.05) is 22.5 Å². The van der Waals surface area contributed by atoms with Crippen LogP contribution >= 0.6 is 11.8 Å². The molecule has 2 aromatic carbocycles. The topological polar surface area (TPSA) is 46.9 Å². The molecule has 0 aliphatic heterocycles. The summed E-state index contributed by atoms with van der Waals surface area (Å²) in [5, 5.41) is 7.11. The average Bonchev–Trinajstić information content (AvgIpc) is 3.07. The van der Waals surface area contributed by atoms with Crippen molar-refractivity contribution in [2.24, 2.45) is 0 Å². The third-order valence-corrected chi connectivity index (χ3v) is 4.41. The molecule has 0 aliphatic carbocycles. The van der Waals surface area contributed by atoms with Crippen molar-refractivity contribution in [3.8, 4) is 0 Å². The van der Waals surface area contributed by atoms with E-state index in [4.69, 9.17) is 0 Å². The lowest BCUT2D eigenvalue weighted by molar-refractivity contribution is 0.102. The quantitative estimate of drug-likeness (QED) is 0.761. The zero-order valence-electron chi connectivity index (χ0n) is 12.8. The minimum absolute atomic E-state index is 0.147. The highest BCUT2D eigenvalue weighted by Gasteiger charge is 2.11. The van der Waals surface area contributed by atoms with Crippen LogP contribution in [0.2, 0.25) is 0 Å². The van der Waals surface area contributed by atoms with Crippen molar-refractivity contribution < 1.29 is 4.79 Å². The van der Waals surface area contributed by atoms with Gasteiger partial charge < -0.3 is 5.32 Å². The number of carbonyl (C=O) groups is 1. The van der Waals surface area contributed by atoms with Crippen molar-refractivity contribution >= 4 is 23.4 Å². The van der Waals surface area contributed by atoms with E-state index in [0.717, 1.165) is 22.0 Å². The summed E-state index contributed by atoms with van der Waals surface area (Å²) in [4.78, 5) is 14.5. The first kappa shape index (κ1) is 15.4. The summed E-state index contributed by atoms with van der Waals surface area (Å²) >= 11 is 1.63. The molecule has 0 radical (unpaired) electrons. The highest BCUT2D eigenvalue weighted by molar-refractivity contribution is 7.99. The smallest absolute Gasteiger partial charge is 0.258 e. The molecule has 0 aliphatic rings. The van der Waals surface area contributed by atoms with Crippen LogP contribution in [-0.2, 0) is 6.54 Å². The van der Waals surface area contributed by atoms with Gasteiger partial charge in [-0.3, -0.25) is 9.48 Å². The molecule has 1 heterocycles. The number of aromatic nitrogens is 2. The van der Waals surface area contributed by atoms with Gasteiger partial charge in [0.15, 0.2) is 0 Å². The first-order valence-corrected chi connectivity index (χ1v) is 8.23. The number of aryl methyl sites for hydroxylation is 1. The third-order valence-electron chi connectivity index (χ3n) is 3.33. The molecule has 4 nitrogen and oxygen atoms in total. The number of amides is 1. The van der Waals surface area contributed by atoms with E-state index in [-0.39, 0.29) is 5.91 Å². The van der Waals surface area contributed by atoms with Gasteiger partial charge in [-0.15, -0.1) is 0 Å². The SMILES string of the molecule is CCn1cc(C(=O)Nc2ccccc2Sc2ccccc2)cn1. The summed E-state index contributed by atoms with van der Waals surface area (Å²) in [6.45, 7) is 2.73. The van der Waals surface area contributed by atoms with Crippen LogP contribution in [-0.4, -0.2) is 15.7 Å². The lowest BCUT2D eigenvalue weighted by Crippen LogP contribution is -2.11. The number of anilines is 1. The van der Waals surface area contributed by atoms with Crippen LogP contribution in [0.5, 0.6) is 0 Å². The molecule has 3 rings (SSSR count). The zero-order valence-corrected chi connectivity index (χ0v) is 13.6. The van der Waals surface area contributed by atoms with Crippen LogP contribution in [0, 0.1) is 0 Å². The molecule has 5 heteroatoms. The first-order chi connectivity index (χ1) is 11.3. The number of nitrogens with one attached hydrogen (secondary N) is 1. The predicted octanol–water partition coefficient (Wildman–Crippen LogP) is 4.31. The first-order valence-electron chi connectivity index (χ1n) is 7.42. The molecular formula is C18H17N3OS. The standard InChI is InChI=1S/C18H17N3OS/c1-2-21-13-14(12-19-21)18(22)20-16-10-6-7-11-17(16)23-15-8-4-3-5-9-15/h3-13H,2H2,1H3,(H,20,22). The Balaban J connectivity index is 1.79. The average molecular weight is 323 g/mol. The van der Waals surface area contributed by atoms with E-state index in [1.54, 1.807) is 28.8 Å². The molecule has 0 fully saturated rings. The van der Waals surface area contributed by atoms with E-state index in [0.29, 0.717) is 5.56 Å². The van der Waals surface area contributed by atoms with Gasteiger partial charge in [-0.05, 0) is 31.2 Å². The predicted molar refractivity (Wildman–Crippen MR) is 92.9 cm³/mol. The maximum atomic E-state index is 12.4. The fraction of sp³-hybridized carbons (Fsp3) is 0.111. The van der Waals surface area contributed by atoms with E-state index >= 15 is 0 Å². The molecule has 0 spiro atoms. The largest absolute Gasteiger partial charge is 0.321 e. The normalized spacial score (nSPS) is 10.5. The Morgan fingerprint density at radius 2 is 1.87 bits per heavy atom. The van der Waals surface area contributed by atoms with Crippen LogP contribution in [0.3, 0.4) is 0 Å². The number of rotatable bonds is 5. The van der Waals surface area contributed by atoms with Crippen molar-refractivity contribution in [3.05, 3.63) is 72.6 Å². The van der Waals surface area contributed by atoms with E-state index in [9.17, 15) is 4.79 Å². The fourth-order valence-corrected chi connectivity index (χ4v) is 3.05. The number of hydrogen-bond donors (Lipinski definition) is 1. The van der Waals surface area contributed by atoms with E-state index in [1.807, 2.05) is 49.4 Å². The van der Waals surface area contributed by atoms with E-state index in [2.05, 4.69) is 22.5 Å². The highest BCUT2D eigenvalue weighted by atomic mass is 32.2. The second-order valence-corrected chi connectivity index (χ2v) is 6.07. The number of carbonyl (C=O) groups excluding carboxylic acids is 1. The van der Waals surface area contributed by atoms with Gasteiger partial charge in [0.1, 0.15) is 0 Å². The Kier molecular flexibility index (Phi) is 4.78. The molecule has 0 saturated heterocycles. The van der Waals surface area contributed by atoms with Gasteiger partial charge in [-0.2, -0.15) is 5.10 Å². The number of nitrogens with zero attached hydrogens (tertiary/aromatic N) is 2. The number of hydrogen-bond acceptors (Lipinski definition) is 3. The summed E-state index contributed by atoms with van der Waals surface area (Å²) in [6.07, 6.45) is 3.34. The number of benzene rings is 2. The van der Waals surface area contributed by atoms with Gasteiger partial charge in [0.2, 0.25) is 0 Å². The second-order valence-electron chi connectivity index (χ2n) is 4.95. The van der Waals surface area contributed by atoms with Crippen molar-refractivity contribution in [3.63, 3.8) is 0 Å². The summed E-state index contributed by atoms with van der Waals surface area (Å²) in [6, 6.07) is 17.9. The molecule has 0 saturated carbocycles. The molecule has 0 bridgehead atoms. The second kappa shape index (κ2) is 7.15. The summed E-state index contributed by atoms with van der Waals surface area (Å²) < 4.78 is 1.74. The molecule has 1 amide bonds. The highest BCUT2D eigenvalue weighted by Crippen LogP contribution is 2.33. The number of para-hydroxylation sites is 1. The summed E-state index contributed by atoms with van der Waals surface area (Å²) in [7, 11) is 0. The Morgan fingerprint density at radius 3 is 2.61 bits per heavy atom. The Bertz CT molecular complexity index is 799. The van der Waals surface area contributed by atoms with Gasteiger partial charge in [-0.1, -0.05) is 42.1 Å². The van der Waals surface area contributed by atoms with Gasteiger partial charge in [0.05, 0.1) is 17.4 Å². The van der Waals surface area contributed by atoms with Gasteiger partial charge in [-0.25, -0.2) is 0 Å². The van der Waals surface area contributed by atoms with Crippen LogP contribution in [0.25, 0.3) is 0 Å². The monoisotopic (exact) mass is 323 g/mol. The summed E-state index contributed by atoms with van der Waals surface area (Å²) in [5.41, 5.74) is 1.36. The lowest BCUT2D eigenvalue weighted by Gasteiger charge is -2.10. The van der Waals surface area contributed by atoms with Gasteiger partial charge >= 0.3 is 0 Å². The minimum Gasteiger partial charge on any atom is -0.321 e. The molecule has 116 valence electrons. The van der Waals surface area contributed by atoms with Crippen LogP contribution < -0.4 is 5.32 Å². The molecule has 0 unspecified atom stereocenters. The van der Waals surface area contributed by atoms with Crippen LogP contribution in [0.1, 0.15) is 17.3 Å². The Hall–Kier alpha value is -2.53. The molecule has 0 atom stereocenters. The van der Waals surface area contributed by atoms with E-state index in [1.165, 1.54) is 0 Å². The maximum absolute atomic E-state index is 12.4. The van der Waals surface area contributed by atoms with Crippen molar-refractivity contribution in [1.29, 1.82) is 0 Å². The Labute approximate surface area is 139 Å². The van der Waals surface area contributed by atoms with E-state index < -0.39 is 0 Å². The van der Waals surface area contributed by atoms with Crippen LogP contribution in [0.15, 0.2) is 76.8 Å². The third kappa shape index (κ3) is 3.81. The molecule has 3 aromatic rings. The Morgan fingerprint density at radius 1 is 1.13 bits per heavy atom.